The van der Waals surface area contributed by atoms with Gasteiger partial charge in [0.15, 0.2) is 6.10 Å². The summed E-state index contributed by atoms with van der Waals surface area (Å²) >= 11 is 0. The number of allylic oxidation sites excluding steroid dienone is 4. The molecule has 0 saturated carbocycles. The van der Waals surface area contributed by atoms with Crippen LogP contribution in [0.1, 0.15) is 194 Å². The van der Waals surface area contributed by atoms with Crippen LogP contribution in [-0.4, -0.2) is 70.0 Å². The Morgan fingerprint density at radius 3 is 1.37 bits per heavy atom. The molecule has 2 atom stereocenters. The smallest absolute Gasteiger partial charge is 0.306 e. The highest BCUT2D eigenvalue weighted by molar-refractivity contribution is 7.45. The molecule has 0 radical (unpaired) electrons. The molecule has 0 aromatic heterocycles. The Morgan fingerprint density at radius 1 is 0.556 bits per heavy atom. The summed E-state index contributed by atoms with van der Waals surface area (Å²) in [4.78, 5) is 37.4. The van der Waals surface area contributed by atoms with Crippen LogP contribution in [0.15, 0.2) is 24.3 Å². The molecule has 0 bridgehead atoms. The van der Waals surface area contributed by atoms with Crippen molar-refractivity contribution in [1.29, 1.82) is 0 Å². The third-order valence-electron chi connectivity index (χ3n) is 9.47. The van der Waals surface area contributed by atoms with Gasteiger partial charge in [-0.25, -0.2) is 0 Å². The van der Waals surface area contributed by atoms with Crippen LogP contribution in [0.3, 0.4) is 0 Å². The number of phosphoric ester groups is 1. The molecule has 0 saturated heterocycles. The number of quaternary nitrogens is 1. The fourth-order valence-corrected chi connectivity index (χ4v) is 6.71. The first-order valence-corrected chi connectivity index (χ1v) is 23.5. The molecule has 0 heterocycles. The van der Waals surface area contributed by atoms with E-state index in [-0.39, 0.29) is 26.1 Å². The molecule has 0 rings (SSSR count). The zero-order chi connectivity index (χ0) is 40.0. The molecule has 0 aliphatic heterocycles. The van der Waals surface area contributed by atoms with Gasteiger partial charge in [0.25, 0.3) is 7.82 Å². The topological polar surface area (TPSA) is 111 Å². The van der Waals surface area contributed by atoms with Gasteiger partial charge < -0.3 is 27.9 Å². The van der Waals surface area contributed by atoms with E-state index in [0.29, 0.717) is 23.9 Å². The second-order valence-corrected chi connectivity index (χ2v) is 17.5. The molecule has 0 fully saturated rings. The second-order valence-electron chi connectivity index (χ2n) is 16.1. The summed E-state index contributed by atoms with van der Waals surface area (Å²) in [6.07, 6.45) is 39.4. The van der Waals surface area contributed by atoms with E-state index in [1.54, 1.807) is 0 Å². The number of ether oxygens (including phenoxy) is 2. The first kappa shape index (κ1) is 52.5. The van der Waals surface area contributed by atoms with Gasteiger partial charge >= 0.3 is 11.9 Å². The van der Waals surface area contributed by atoms with E-state index >= 15 is 0 Å². The van der Waals surface area contributed by atoms with Gasteiger partial charge in [-0.15, -0.1) is 0 Å². The molecule has 0 spiro atoms. The van der Waals surface area contributed by atoms with E-state index < -0.39 is 32.5 Å². The van der Waals surface area contributed by atoms with Crippen LogP contribution in [0.5, 0.6) is 0 Å². The molecule has 2 unspecified atom stereocenters. The third kappa shape index (κ3) is 40.2. The van der Waals surface area contributed by atoms with Crippen molar-refractivity contribution in [3.05, 3.63) is 24.3 Å². The summed E-state index contributed by atoms with van der Waals surface area (Å²) in [7, 11) is 1.14. The third-order valence-corrected chi connectivity index (χ3v) is 10.4. The van der Waals surface area contributed by atoms with Crippen LogP contribution in [0.2, 0.25) is 0 Å². The maximum Gasteiger partial charge on any atom is 0.306 e. The van der Waals surface area contributed by atoms with Crippen LogP contribution in [0, 0.1) is 0 Å². The lowest BCUT2D eigenvalue weighted by Gasteiger charge is -2.28. The lowest BCUT2D eigenvalue weighted by atomic mass is 10.1. The van der Waals surface area contributed by atoms with Gasteiger partial charge in [0.1, 0.15) is 19.8 Å². The number of hydrogen-bond donors (Lipinski definition) is 0. The fraction of sp³-hybridized carbons (Fsp3) is 0.864. The predicted molar refractivity (Wildman–Crippen MR) is 222 cm³/mol. The molecule has 0 aromatic rings. The molecular weight excluding hydrogens is 701 g/mol. The van der Waals surface area contributed by atoms with Crippen LogP contribution in [0.25, 0.3) is 0 Å². The molecule has 0 aliphatic rings. The summed E-state index contributed by atoms with van der Waals surface area (Å²) in [6.45, 7) is 4.15. The highest BCUT2D eigenvalue weighted by Gasteiger charge is 2.21. The molecular formula is C44H84NO8P. The summed E-state index contributed by atoms with van der Waals surface area (Å²) in [5.41, 5.74) is 0. The summed E-state index contributed by atoms with van der Waals surface area (Å²) in [5.74, 6) is -0.943. The molecule has 10 heteroatoms. The zero-order valence-electron chi connectivity index (χ0n) is 35.7. The predicted octanol–water partition coefficient (Wildman–Crippen LogP) is 11.7. The van der Waals surface area contributed by atoms with Gasteiger partial charge in [0.05, 0.1) is 27.7 Å². The Morgan fingerprint density at radius 2 is 0.944 bits per heavy atom. The quantitative estimate of drug-likeness (QED) is 0.0198. The van der Waals surface area contributed by atoms with E-state index in [2.05, 4.69) is 26.0 Å². The number of hydrogen-bond acceptors (Lipinski definition) is 8. The molecule has 0 amide bonds. The summed E-state index contributed by atoms with van der Waals surface area (Å²) in [5, 5.41) is 0. The van der Waals surface area contributed by atoms with Crippen LogP contribution >= 0.6 is 7.82 Å². The van der Waals surface area contributed by atoms with Crippen molar-refractivity contribution in [3.63, 3.8) is 0 Å². The minimum absolute atomic E-state index is 0.0397. The number of unbranched alkanes of at least 4 members (excludes halogenated alkanes) is 22. The minimum Gasteiger partial charge on any atom is -0.756 e. The summed E-state index contributed by atoms with van der Waals surface area (Å²) in [6, 6.07) is 0. The van der Waals surface area contributed by atoms with Crippen molar-refractivity contribution >= 4 is 19.8 Å². The Bertz CT molecular complexity index is 980. The van der Waals surface area contributed by atoms with E-state index in [1.807, 2.05) is 33.3 Å². The van der Waals surface area contributed by atoms with E-state index in [9.17, 15) is 19.0 Å². The normalized spacial score (nSPS) is 13.8. The van der Waals surface area contributed by atoms with Gasteiger partial charge in [-0.1, -0.05) is 167 Å². The summed E-state index contributed by atoms with van der Waals surface area (Å²) < 4.78 is 33.8. The van der Waals surface area contributed by atoms with E-state index in [1.165, 1.54) is 128 Å². The monoisotopic (exact) mass is 786 g/mol. The average molecular weight is 786 g/mol. The first-order valence-electron chi connectivity index (χ1n) is 22.0. The Kier molecular flexibility index (Phi) is 36.1. The van der Waals surface area contributed by atoms with Gasteiger partial charge in [0, 0.05) is 12.8 Å². The maximum absolute atomic E-state index is 12.6. The number of carbonyl (C=O) groups is 2. The van der Waals surface area contributed by atoms with Crippen molar-refractivity contribution in [2.45, 2.75) is 200 Å². The SMILES string of the molecule is CCCCCCCCCCCCC/C=C\CCC(=O)OCC(COP(=O)([O-])OCC[N+](C)(C)C)OC(=O)CC/C=C\CCCCCCCCCCCCC. The fourth-order valence-electron chi connectivity index (χ4n) is 5.98. The minimum atomic E-state index is -4.64. The highest BCUT2D eigenvalue weighted by atomic mass is 31.2. The molecule has 318 valence electrons. The molecule has 9 nitrogen and oxygen atoms in total. The molecule has 54 heavy (non-hydrogen) atoms. The maximum atomic E-state index is 12.6. The first-order chi connectivity index (χ1) is 26.0. The lowest BCUT2D eigenvalue weighted by molar-refractivity contribution is -0.870. The van der Waals surface area contributed by atoms with E-state index in [4.69, 9.17) is 18.5 Å². The highest BCUT2D eigenvalue weighted by Crippen LogP contribution is 2.38. The second kappa shape index (κ2) is 37.1. The van der Waals surface area contributed by atoms with Crippen molar-refractivity contribution in [1.82, 2.24) is 0 Å². The number of rotatable bonds is 40. The number of esters is 2. The number of carbonyl (C=O) groups excluding carboxylic acids is 2. The van der Waals surface area contributed by atoms with Crippen molar-refractivity contribution < 1.29 is 42.1 Å². The zero-order valence-corrected chi connectivity index (χ0v) is 36.6. The standard InChI is InChI=1S/C44H84NO8P/c1-6-8-10-12-14-16-18-20-22-24-26-28-30-32-34-36-43(46)50-40-42(41-52-54(48,49)51-39-38-45(3,4)5)53-44(47)37-35-33-31-29-27-25-23-21-19-17-15-13-11-9-7-2/h30-33,42H,6-29,34-41H2,1-5H3/b32-30-,33-31-. The lowest BCUT2D eigenvalue weighted by Crippen LogP contribution is -2.37. The van der Waals surface area contributed by atoms with Gasteiger partial charge in [-0.05, 0) is 38.5 Å². The largest absolute Gasteiger partial charge is 0.756 e. The number of phosphoric acid groups is 1. The number of likely N-dealkylation sites (N-methyl/N-ethyl adjacent to an activating group) is 1. The van der Waals surface area contributed by atoms with Crippen molar-refractivity contribution in [3.8, 4) is 0 Å². The Labute approximate surface area is 332 Å². The van der Waals surface area contributed by atoms with Gasteiger partial charge in [-0.3, -0.25) is 14.2 Å². The van der Waals surface area contributed by atoms with Crippen LogP contribution in [-0.2, 0) is 32.7 Å². The van der Waals surface area contributed by atoms with Crippen LogP contribution in [0.4, 0.5) is 0 Å². The van der Waals surface area contributed by atoms with Crippen molar-refractivity contribution in [2.24, 2.45) is 0 Å². The molecule has 0 N–H and O–H groups in total. The van der Waals surface area contributed by atoms with Gasteiger partial charge in [0.2, 0.25) is 0 Å². The van der Waals surface area contributed by atoms with Crippen LogP contribution < -0.4 is 4.89 Å². The number of nitrogens with zero attached hydrogens (tertiary/aromatic N) is 1. The van der Waals surface area contributed by atoms with Crippen molar-refractivity contribution in [2.75, 3.05) is 47.5 Å². The van der Waals surface area contributed by atoms with E-state index in [0.717, 1.165) is 25.7 Å². The Balaban J connectivity index is 4.43. The average Bonchev–Trinajstić information content (AvgIpc) is 3.12. The van der Waals surface area contributed by atoms with Gasteiger partial charge in [-0.2, -0.15) is 0 Å². The Hall–Kier alpha value is -1.51. The molecule has 0 aromatic carbocycles. The molecule has 0 aliphatic carbocycles.